The highest BCUT2D eigenvalue weighted by molar-refractivity contribution is 5.68. The standard InChI is InChI=1S/C11H19NO2/c1-2-12-9-5-7-10(12)6-3-4-8-11(13)14/h3-4,10H,2,5-9H2,1H3,(H,13,14)/b4-3-. The fourth-order valence-electron chi connectivity index (χ4n) is 2.02. The van der Waals surface area contributed by atoms with Crippen molar-refractivity contribution < 1.29 is 9.90 Å². The van der Waals surface area contributed by atoms with Gasteiger partial charge in [-0.2, -0.15) is 0 Å². The third-order valence-electron chi connectivity index (χ3n) is 2.77. The van der Waals surface area contributed by atoms with Crippen LogP contribution in [0.15, 0.2) is 12.2 Å². The number of carboxylic acids is 1. The molecule has 1 N–H and O–H groups in total. The Kier molecular flexibility index (Phi) is 4.66. The van der Waals surface area contributed by atoms with Gasteiger partial charge in [0, 0.05) is 6.04 Å². The Morgan fingerprint density at radius 3 is 3.00 bits per heavy atom. The zero-order chi connectivity index (χ0) is 10.4. The van der Waals surface area contributed by atoms with Gasteiger partial charge in [-0.3, -0.25) is 4.79 Å². The Morgan fingerprint density at radius 2 is 2.36 bits per heavy atom. The van der Waals surface area contributed by atoms with Crippen LogP contribution in [-0.4, -0.2) is 35.1 Å². The summed E-state index contributed by atoms with van der Waals surface area (Å²) in [4.78, 5) is 12.7. The van der Waals surface area contributed by atoms with Gasteiger partial charge in [-0.05, 0) is 32.4 Å². The number of hydrogen-bond donors (Lipinski definition) is 1. The fourth-order valence-corrected chi connectivity index (χ4v) is 2.02. The molecule has 0 amide bonds. The molecule has 1 fully saturated rings. The molecule has 0 aliphatic carbocycles. The van der Waals surface area contributed by atoms with Crippen LogP contribution in [0.25, 0.3) is 0 Å². The molecular weight excluding hydrogens is 178 g/mol. The zero-order valence-corrected chi connectivity index (χ0v) is 8.78. The number of rotatable bonds is 5. The number of likely N-dealkylation sites (tertiary alicyclic amines) is 1. The van der Waals surface area contributed by atoms with Crippen molar-refractivity contribution in [2.24, 2.45) is 0 Å². The minimum atomic E-state index is -0.750. The number of aliphatic carboxylic acids is 1. The van der Waals surface area contributed by atoms with Crippen molar-refractivity contribution in [1.29, 1.82) is 0 Å². The lowest BCUT2D eigenvalue weighted by molar-refractivity contribution is -0.136. The lowest BCUT2D eigenvalue weighted by Gasteiger charge is -2.20. The molecule has 1 atom stereocenters. The lowest BCUT2D eigenvalue weighted by Crippen LogP contribution is -2.28. The molecule has 80 valence electrons. The minimum absolute atomic E-state index is 0.152. The Balaban J connectivity index is 2.23. The number of carboxylic acid groups (broad SMARTS) is 1. The average Bonchev–Trinajstić information content (AvgIpc) is 2.59. The van der Waals surface area contributed by atoms with Crippen molar-refractivity contribution in [3.8, 4) is 0 Å². The smallest absolute Gasteiger partial charge is 0.307 e. The van der Waals surface area contributed by atoms with Gasteiger partial charge in [-0.1, -0.05) is 19.1 Å². The Morgan fingerprint density at radius 1 is 1.57 bits per heavy atom. The monoisotopic (exact) mass is 197 g/mol. The molecule has 1 heterocycles. The Hall–Kier alpha value is -0.830. The third kappa shape index (κ3) is 3.50. The van der Waals surface area contributed by atoms with Crippen LogP contribution in [0, 0.1) is 0 Å². The van der Waals surface area contributed by atoms with Crippen molar-refractivity contribution in [3.05, 3.63) is 12.2 Å². The van der Waals surface area contributed by atoms with Crippen molar-refractivity contribution in [2.75, 3.05) is 13.1 Å². The van der Waals surface area contributed by atoms with E-state index in [4.69, 9.17) is 5.11 Å². The summed E-state index contributed by atoms with van der Waals surface area (Å²) >= 11 is 0. The average molecular weight is 197 g/mol. The van der Waals surface area contributed by atoms with E-state index in [2.05, 4.69) is 11.8 Å². The topological polar surface area (TPSA) is 40.5 Å². The molecule has 0 saturated carbocycles. The van der Waals surface area contributed by atoms with E-state index in [0.29, 0.717) is 6.04 Å². The molecule has 0 bridgehead atoms. The van der Waals surface area contributed by atoms with Crippen LogP contribution in [0.1, 0.15) is 32.6 Å². The van der Waals surface area contributed by atoms with Crippen LogP contribution < -0.4 is 0 Å². The molecule has 14 heavy (non-hydrogen) atoms. The maximum atomic E-state index is 10.3. The predicted octanol–water partition coefficient (Wildman–Crippen LogP) is 1.89. The van der Waals surface area contributed by atoms with Crippen LogP contribution in [0.4, 0.5) is 0 Å². The van der Waals surface area contributed by atoms with Gasteiger partial charge in [0.25, 0.3) is 0 Å². The summed E-state index contributed by atoms with van der Waals surface area (Å²) in [6.07, 6.45) is 7.46. The van der Waals surface area contributed by atoms with Gasteiger partial charge in [0.2, 0.25) is 0 Å². The molecule has 0 aromatic heterocycles. The highest BCUT2D eigenvalue weighted by Gasteiger charge is 2.20. The van der Waals surface area contributed by atoms with E-state index in [1.165, 1.54) is 19.4 Å². The normalized spacial score (nSPS) is 23.4. The number of hydrogen-bond acceptors (Lipinski definition) is 2. The van der Waals surface area contributed by atoms with Crippen LogP contribution in [-0.2, 0) is 4.79 Å². The van der Waals surface area contributed by atoms with E-state index in [1.807, 2.05) is 6.08 Å². The zero-order valence-electron chi connectivity index (χ0n) is 8.78. The molecule has 0 spiro atoms. The molecule has 1 aliphatic heterocycles. The van der Waals surface area contributed by atoms with Gasteiger partial charge >= 0.3 is 5.97 Å². The molecular formula is C11H19NO2. The summed E-state index contributed by atoms with van der Waals surface area (Å²) in [5, 5.41) is 8.44. The SMILES string of the molecule is CCN1CCCC1C/C=C\CC(=O)O. The van der Waals surface area contributed by atoms with E-state index in [0.717, 1.165) is 13.0 Å². The van der Waals surface area contributed by atoms with Gasteiger partial charge in [0.05, 0.1) is 6.42 Å². The third-order valence-corrected chi connectivity index (χ3v) is 2.77. The molecule has 0 aromatic rings. The van der Waals surface area contributed by atoms with Gasteiger partial charge in [0.15, 0.2) is 0 Å². The summed E-state index contributed by atoms with van der Waals surface area (Å²) in [6.45, 7) is 4.49. The molecule has 1 rings (SSSR count). The predicted molar refractivity (Wildman–Crippen MR) is 56.3 cm³/mol. The summed E-state index contributed by atoms with van der Waals surface area (Å²) in [5.74, 6) is -0.750. The first-order valence-corrected chi connectivity index (χ1v) is 5.35. The quantitative estimate of drug-likeness (QED) is 0.684. The second-order valence-corrected chi connectivity index (χ2v) is 3.73. The van der Waals surface area contributed by atoms with Crippen LogP contribution in [0.5, 0.6) is 0 Å². The van der Waals surface area contributed by atoms with Crippen LogP contribution >= 0.6 is 0 Å². The molecule has 1 saturated heterocycles. The number of nitrogens with zero attached hydrogens (tertiary/aromatic N) is 1. The van der Waals surface area contributed by atoms with E-state index >= 15 is 0 Å². The van der Waals surface area contributed by atoms with E-state index in [9.17, 15) is 4.79 Å². The lowest BCUT2D eigenvalue weighted by atomic mass is 10.1. The maximum absolute atomic E-state index is 10.3. The van der Waals surface area contributed by atoms with Gasteiger partial charge in [-0.25, -0.2) is 0 Å². The Bertz CT molecular complexity index is 213. The highest BCUT2D eigenvalue weighted by Crippen LogP contribution is 2.19. The second kappa shape index (κ2) is 5.81. The van der Waals surface area contributed by atoms with E-state index in [-0.39, 0.29) is 6.42 Å². The summed E-state index contributed by atoms with van der Waals surface area (Å²) in [7, 11) is 0. The van der Waals surface area contributed by atoms with Gasteiger partial charge < -0.3 is 10.0 Å². The number of carbonyl (C=O) groups is 1. The summed E-state index contributed by atoms with van der Waals surface area (Å²) < 4.78 is 0. The molecule has 3 heteroatoms. The fraction of sp³-hybridized carbons (Fsp3) is 0.727. The maximum Gasteiger partial charge on any atom is 0.307 e. The van der Waals surface area contributed by atoms with Crippen LogP contribution in [0.2, 0.25) is 0 Å². The highest BCUT2D eigenvalue weighted by atomic mass is 16.4. The second-order valence-electron chi connectivity index (χ2n) is 3.73. The molecule has 0 aromatic carbocycles. The van der Waals surface area contributed by atoms with Crippen LogP contribution in [0.3, 0.4) is 0 Å². The van der Waals surface area contributed by atoms with Crippen molar-refractivity contribution >= 4 is 5.97 Å². The van der Waals surface area contributed by atoms with E-state index in [1.54, 1.807) is 6.08 Å². The first kappa shape index (κ1) is 11.2. The molecule has 3 nitrogen and oxygen atoms in total. The van der Waals surface area contributed by atoms with Crippen molar-refractivity contribution in [1.82, 2.24) is 4.90 Å². The largest absolute Gasteiger partial charge is 0.481 e. The minimum Gasteiger partial charge on any atom is -0.481 e. The summed E-state index contributed by atoms with van der Waals surface area (Å²) in [6, 6.07) is 0.644. The Labute approximate surface area is 85.4 Å². The summed E-state index contributed by atoms with van der Waals surface area (Å²) in [5.41, 5.74) is 0. The van der Waals surface area contributed by atoms with Gasteiger partial charge in [0.1, 0.15) is 0 Å². The van der Waals surface area contributed by atoms with Crippen molar-refractivity contribution in [2.45, 2.75) is 38.6 Å². The first-order chi connectivity index (χ1) is 6.74. The molecule has 1 aliphatic rings. The first-order valence-electron chi connectivity index (χ1n) is 5.35. The molecule has 0 radical (unpaired) electrons. The van der Waals surface area contributed by atoms with Crippen molar-refractivity contribution in [3.63, 3.8) is 0 Å². The van der Waals surface area contributed by atoms with E-state index < -0.39 is 5.97 Å². The molecule has 1 unspecified atom stereocenters. The van der Waals surface area contributed by atoms with Gasteiger partial charge in [-0.15, -0.1) is 0 Å².